The van der Waals surface area contributed by atoms with Gasteiger partial charge in [0.1, 0.15) is 17.7 Å². The van der Waals surface area contributed by atoms with Crippen molar-refractivity contribution in [1.29, 1.82) is 0 Å². The van der Waals surface area contributed by atoms with Crippen molar-refractivity contribution < 1.29 is 18.3 Å². The van der Waals surface area contributed by atoms with E-state index in [1.54, 1.807) is 0 Å². The van der Waals surface area contributed by atoms with Gasteiger partial charge < -0.3 is 15.2 Å². The van der Waals surface area contributed by atoms with Crippen molar-refractivity contribution >= 4 is 15.9 Å². The molecule has 1 aromatic rings. The summed E-state index contributed by atoms with van der Waals surface area (Å²) in [6.07, 6.45) is -0.526. The maximum Gasteiger partial charge on any atom is 0.145 e. The lowest BCUT2D eigenvalue weighted by Crippen LogP contribution is -2.38. The fourth-order valence-corrected chi connectivity index (χ4v) is 2.09. The normalized spacial score (nSPS) is 22.5. The molecule has 6 heteroatoms. The van der Waals surface area contributed by atoms with Gasteiger partial charge in [0.25, 0.3) is 0 Å². The summed E-state index contributed by atoms with van der Waals surface area (Å²) in [6, 6.07) is 1.60. The van der Waals surface area contributed by atoms with Crippen LogP contribution >= 0.6 is 15.9 Å². The summed E-state index contributed by atoms with van der Waals surface area (Å²) in [5.74, 6) is -1.36. The first kappa shape index (κ1) is 12.9. The van der Waals surface area contributed by atoms with Gasteiger partial charge in [-0.05, 0) is 28.1 Å². The zero-order chi connectivity index (χ0) is 12.4. The average molecular weight is 308 g/mol. The van der Waals surface area contributed by atoms with Gasteiger partial charge in [0.15, 0.2) is 0 Å². The highest BCUT2D eigenvalue weighted by Gasteiger charge is 2.28. The minimum atomic E-state index is -0.882. The van der Waals surface area contributed by atoms with Gasteiger partial charge in [-0.3, -0.25) is 0 Å². The van der Waals surface area contributed by atoms with E-state index in [0.717, 1.165) is 0 Å². The number of ether oxygens (including phenoxy) is 2. The van der Waals surface area contributed by atoms with Crippen molar-refractivity contribution in [3.63, 3.8) is 0 Å². The van der Waals surface area contributed by atoms with E-state index < -0.39 is 23.8 Å². The first-order chi connectivity index (χ1) is 8.11. The third kappa shape index (κ3) is 2.65. The summed E-state index contributed by atoms with van der Waals surface area (Å²) in [7, 11) is 0. The Bertz CT molecular complexity index is 411. The molecule has 1 aliphatic rings. The van der Waals surface area contributed by atoms with Crippen LogP contribution in [0.3, 0.4) is 0 Å². The molecule has 0 radical (unpaired) electrons. The molecule has 2 atom stereocenters. The number of halogens is 3. The summed E-state index contributed by atoms with van der Waals surface area (Å²) in [6.45, 7) is 1.11. The Balaban J connectivity index is 2.29. The van der Waals surface area contributed by atoms with E-state index in [4.69, 9.17) is 15.2 Å². The molecule has 1 saturated heterocycles. The second-order valence-electron chi connectivity index (χ2n) is 3.77. The molecule has 2 unspecified atom stereocenters. The predicted molar refractivity (Wildman–Crippen MR) is 61.5 cm³/mol. The van der Waals surface area contributed by atoms with E-state index in [0.29, 0.717) is 13.2 Å². The first-order valence-electron chi connectivity index (χ1n) is 5.19. The molecule has 0 bridgehead atoms. The summed E-state index contributed by atoms with van der Waals surface area (Å²) >= 11 is 3.00. The molecular weight excluding hydrogens is 296 g/mol. The smallest absolute Gasteiger partial charge is 0.145 e. The van der Waals surface area contributed by atoms with Crippen LogP contribution in [0.5, 0.6) is 0 Å². The molecule has 2 rings (SSSR count). The predicted octanol–water partition coefficient (Wildman–Crippen LogP) is 2.14. The lowest BCUT2D eigenvalue weighted by Gasteiger charge is -2.28. The van der Waals surface area contributed by atoms with Crippen molar-refractivity contribution in [3.05, 3.63) is 33.8 Å². The fraction of sp³-hybridized carbons (Fsp3) is 0.455. The molecule has 0 amide bonds. The van der Waals surface area contributed by atoms with Crippen molar-refractivity contribution in [1.82, 2.24) is 0 Å². The van der Waals surface area contributed by atoms with Gasteiger partial charge in [0.2, 0.25) is 0 Å². The standard InChI is InChI=1S/C11H12BrF2NO2/c12-6-1-2-7(13)9(10(6)14)11(15)8-5-16-3-4-17-8/h1-2,8,11H,3-5,15H2. The van der Waals surface area contributed by atoms with Crippen LogP contribution in [0.15, 0.2) is 16.6 Å². The van der Waals surface area contributed by atoms with E-state index in [9.17, 15) is 8.78 Å². The lowest BCUT2D eigenvalue weighted by atomic mass is 10.0. The monoisotopic (exact) mass is 307 g/mol. The Labute approximate surface area is 106 Å². The number of rotatable bonds is 2. The van der Waals surface area contributed by atoms with Crippen LogP contribution in [0.2, 0.25) is 0 Å². The van der Waals surface area contributed by atoms with Crippen molar-refractivity contribution in [2.45, 2.75) is 12.1 Å². The van der Waals surface area contributed by atoms with Crippen LogP contribution in [0, 0.1) is 11.6 Å². The molecule has 17 heavy (non-hydrogen) atoms. The van der Waals surface area contributed by atoms with Crippen LogP contribution in [0.4, 0.5) is 8.78 Å². The number of hydrogen-bond acceptors (Lipinski definition) is 3. The molecule has 2 N–H and O–H groups in total. The van der Waals surface area contributed by atoms with E-state index in [1.807, 2.05) is 0 Å². The molecule has 3 nitrogen and oxygen atoms in total. The molecule has 1 aliphatic heterocycles. The van der Waals surface area contributed by atoms with Crippen molar-refractivity contribution in [3.8, 4) is 0 Å². The lowest BCUT2D eigenvalue weighted by molar-refractivity contribution is -0.0982. The van der Waals surface area contributed by atoms with E-state index in [1.165, 1.54) is 12.1 Å². The average Bonchev–Trinajstić information content (AvgIpc) is 2.35. The largest absolute Gasteiger partial charge is 0.376 e. The van der Waals surface area contributed by atoms with E-state index in [2.05, 4.69) is 15.9 Å². The highest BCUT2D eigenvalue weighted by molar-refractivity contribution is 9.10. The van der Waals surface area contributed by atoms with E-state index in [-0.39, 0.29) is 16.6 Å². The van der Waals surface area contributed by atoms with Crippen LogP contribution < -0.4 is 5.73 Å². The SMILES string of the molecule is NC(c1c(F)ccc(Br)c1F)C1COCCO1. The Morgan fingerprint density at radius 1 is 1.35 bits per heavy atom. The van der Waals surface area contributed by atoms with Crippen molar-refractivity contribution in [2.75, 3.05) is 19.8 Å². The quantitative estimate of drug-likeness (QED) is 0.852. The molecule has 94 valence electrons. The molecule has 0 aliphatic carbocycles. The Hall–Kier alpha value is -0.560. The maximum atomic E-state index is 13.8. The topological polar surface area (TPSA) is 44.5 Å². The van der Waals surface area contributed by atoms with Crippen LogP contribution in [-0.4, -0.2) is 25.9 Å². The number of benzene rings is 1. The summed E-state index contributed by atoms with van der Waals surface area (Å²) in [4.78, 5) is 0. The third-order valence-electron chi connectivity index (χ3n) is 2.66. The van der Waals surface area contributed by atoms with Gasteiger partial charge in [-0.15, -0.1) is 0 Å². The van der Waals surface area contributed by atoms with Crippen LogP contribution in [-0.2, 0) is 9.47 Å². The third-order valence-corrected chi connectivity index (χ3v) is 3.27. The van der Waals surface area contributed by atoms with Gasteiger partial charge in [-0.2, -0.15) is 0 Å². The molecule has 1 aromatic carbocycles. The zero-order valence-electron chi connectivity index (χ0n) is 8.96. The second-order valence-corrected chi connectivity index (χ2v) is 4.62. The first-order valence-corrected chi connectivity index (χ1v) is 5.99. The molecule has 0 spiro atoms. The highest BCUT2D eigenvalue weighted by Crippen LogP contribution is 2.28. The van der Waals surface area contributed by atoms with E-state index >= 15 is 0 Å². The Morgan fingerprint density at radius 3 is 2.76 bits per heavy atom. The second kappa shape index (κ2) is 5.39. The zero-order valence-corrected chi connectivity index (χ0v) is 10.5. The summed E-state index contributed by atoms with van der Waals surface area (Å²) < 4.78 is 38.1. The summed E-state index contributed by atoms with van der Waals surface area (Å²) in [5.41, 5.74) is 5.66. The van der Waals surface area contributed by atoms with Gasteiger partial charge in [-0.1, -0.05) is 0 Å². The minimum absolute atomic E-state index is 0.171. The molecule has 0 saturated carbocycles. The summed E-state index contributed by atoms with van der Waals surface area (Å²) in [5, 5.41) is 0. The van der Waals surface area contributed by atoms with Crippen LogP contribution in [0.25, 0.3) is 0 Å². The van der Waals surface area contributed by atoms with Crippen molar-refractivity contribution in [2.24, 2.45) is 5.73 Å². The Kier molecular flexibility index (Phi) is 4.09. The highest BCUT2D eigenvalue weighted by atomic mass is 79.9. The van der Waals surface area contributed by atoms with Crippen LogP contribution in [0.1, 0.15) is 11.6 Å². The van der Waals surface area contributed by atoms with Gasteiger partial charge >= 0.3 is 0 Å². The molecule has 1 fully saturated rings. The number of nitrogens with two attached hydrogens (primary N) is 1. The molecular formula is C11H12BrF2NO2. The molecule has 0 aromatic heterocycles. The maximum absolute atomic E-state index is 13.8. The van der Waals surface area contributed by atoms with Gasteiger partial charge in [0.05, 0.1) is 30.3 Å². The van der Waals surface area contributed by atoms with Gasteiger partial charge in [0, 0.05) is 5.56 Å². The minimum Gasteiger partial charge on any atom is -0.376 e. The van der Waals surface area contributed by atoms with Gasteiger partial charge in [-0.25, -0.2) is 8.78 Å². The molecule has 1 heterocycles. The number of hydrogen-bond donors (Lipinski definition) is 1. The Morgan fingerprint density at radius 2 is 2.12 bits per heavy atom. The fourth-order valence-electron chi connectivity index (χ4n) is 1.75.